The summed E-state index contributed by atoms with van der Waals surface area (Å²) in [5, 5.41) is 31.2. The third-order valence-electron chi connectivity index (χ3n) is 5.42. The number of nitrogens with one attached hydrogen (secondary N) is 1. The van der Waals surface area contributed by atoms with Crippen molar-refractivity contribution in [3.8, 4) is 11.8 Å². The number of hydrogen-bond acceptors (Lipinski definition) is 6. The molecular weight excluding hydrogens is 440 g/mol. The first-order valence-electron chi connectivity index (χ1n) is 10.9. The van der Waals surface area contributed by atoms with E-state index in [1.54, 1.807) is 21.0 Å². The summed E-state index contributed by atoms with van der Waals surface area (Å²) in [6, 6.07) is 15.2. The molecule has 8 nitrogen and oxygen atoms in total. The second kappa shape index (κ2) is 12.7. The first-order valence-corrected chi connectivity index (χ1v) is 10.9. The molecule has 2 amide bonds. The van der Waals surface area contributed by atoms with Gasteiger partial charge in [0.1, 0.15) is 5.92 Å². The molecular formula is C24H29BFN3O5. The summed E-state index contributed by atoms with van der Waals surface area (Å²) in [4.78, 5) is 25.9. The van der Waals surface area contributed by atoms with Crippen LogP contribution in [0.25, 0.3) is 0 Å². The number of rotatable bonds is 11. The van der Waals surface area contributed by atoms with Gasteiger partial charge in [-0.3, -0.25) is 9.59 Å². The van der Waals surface area contributed by atoms with Crippen LogP contribution in [0.15, 0.2) is 48.5 Å². The van der Waals surface area contributed by atoms with Crippen molar-refractivity contribution in [1.29, 1.82) is 5.26 Å². The van der Waals surface area contributed by atoms with Crippen LogP contribution < -0.4 is 10.1 Å². The van der Waals surface area contributed by atoms with Gasteiger partial charge in [-0.05, 0) is 29.7 Å². The van der Waals surface area contributed by atoms with Crippen molar-refractivity contribution in [3.05, 3.63) is 65.5 Å². The molecule has 34 heavy (non-hydrogen) atoms. The maximum Gasteiger partial charge on any atom is 0.475 e. The average molecular weight is 469 g/mol. The van der Waals surface area contributed by atoms with Gasteiger partial charge in [0, 0.05) is 20.0 Å². The first-order chi connectivity index (χ1) is 16.1. The third kappa shape index (κ3) is 7.58. The lowest BCUT2D eigenvalue weighted by atomic mass is 9.76. The van der Waals surface area contributed by atoms with Crippen LogP contribution in [-0.4, -0.2) is 60.5 Å². The molecule has 3 N–H and O–H groups in total. The van der Waals surface area contributed by atoms with Gasteiger partial charge in [-0.15, -0.1) is 0 Å². The minimum Gasteiger partial charge on any atom is -0.490 e. The van der Waals surface area contributed by atoms with Gasteiger partial charge in [0.05, 0.1) is 25.0 Å². The highest BCUT2D eigenvalue weighted by Crippen LogP contribution is 2.29. The molecule has 10 heteroatoms. The van der Waals surface area contributed by atoms with Gasteiger partial charge in [-0.25, -0.2) is 4.39 Å². The van der Waals surface area contributed by atoms with Crippen molar-refractivity contribution >= 4 is 18.9 Å². The molecule has 0 aliphatic rings. The smallest absolute Gasteiger partial charge is 0.475 e. The number of ether oxygens (including phenoxy) is 1. The van der Waals surface area contributed by atoms with Gasteiger partial charge in [0.15, 0.2) is 11.6 Å². The molecule has 2 rings (SSSR count). The number of amides is 2. The van der Waals surface area contributed by atoms with Crippen molar-refractivity contribution in [1.82, 2.24) is 10.2 Å². The number of benzene rings is 2. The van der Waals surface area contributed by atoms with E-state index in [0.29, 0.717) is 5.56 Å². The fourth-order valence-corrected chi connectivity index (χ4v) is 3.40. The SMILES string of the molecule is CC(c1ccc(F)c(OCCC(=O)NC(Cc2ccccc2)B(O)O)c1)C(C#N)C(=O)N(C)C. The fourth-order valence-electron chi connectivity index (χ4n) is 3.40. The van der Waals surface area contributed by atoms with Crippen molar-refractivity contribution in [2.45, 2.75) is 31.6 Å². The molecule has 3 unspecified atom stereocenters. The molecule has 0 spiro atoms. The maximum absolute atomic E-state index is 14.3. The average Bonchev–Trinajstić information content (AvgIpc) is 2.80. The highest BCUT2D eigenvalue weighted by molar-refractivity contribution is 6.43. The second-order valence-electron chi connectivity index (χ2n) is 8.19. The minimum atomic E-state index is -1.75. The van der Waals surface area contributed by atoms with Gasteiger partial charge in [0.2, 0.25) is 11.8 Å². The lowest BCUT2D eigenvalue weighted by molar-refractivity contribution is -0.131. The molecule has 0 aliphatic heterocycles. The summed E-state index contributed by atoms with van der Waals surface area (Å²) in [5.41, 5.74) is 1.38. The molecule has 180 valence electrons. The normalized spacial score (nSPS) is 13.2. The molecule has 2 aromatic carbocycles. The maximum atomic E-state index is 14.3. The molecule has 0 saturated heterocycles. The predicted molar refractivity (Wildman–Crippen MR) is 125 cm³/mol. The zero-order valence-electron chi connectivity index (χ0n) is 19.4. The molecule has 0 heterocycles. The van der Waals surface area contributed by atoms with Gasteiger partial charge in [-0.2, -0.15) is 5.26 Å². The Balaban J connectivity index is 1.98. The van der Waals surface area contributed by atoms with Crippen LogP contribution in [0.1, 0.15) is 30.4 Å². The molecule has 0 radical (unpaired) electrons. The summed E-state index contributed by atoms with van der Waals surface area (Å²) >= 11 is 0. The summed E-state index contributed by atoms with van der Waals surface area (Å²) in [6.07, 6.45) is 0.0859. The largest absolute Gasteiger partial charge is 0.490 e. The molecule has 0 bridgehead atoms. The van der Waals surface area contributed by atoms with E-state index in [0.717, 1.165) is 5.56 Å². The molecule has 3 atom stereocenters. The Morgan fingerprint density at radius 1 is 1.21 bits per heavy atom. The number of hydrogen-bond donors (Lipinski definition) is 3. The molecule has 0 fully saturated rings. The van der Waals surface area contributed by atoms with E-state index >= 15 is 0 Å². The second-order valence-corrected chi connectivity index (χ2v) is 8.19. The Bertz CT molecular complexity index is 1010. The standard InChI is InChI=1S/C24H29BFN3O5/c1-16(19(15-27)24(31)29(2)3)18-9-10-20(26)21(14-18)34-12-11-23(30)28-22(25(32)33)13-17-7-5-4-6-8-17/h4-10,14,16,19,22,32-33H,11-13H2,1-3H3,(H,28,30). The van der Waals surface area contributed by atoms with Gasteiger partial charge >= 0.3 is 7.12 Å². The van der Waals surface area contributed by atoms with Crippen LogP contribution in [0.3, 0.4) is 0 Å². The number of nitrogens with zero attached hydrogens (tertiary/aromatic N) is 2. The number of halogens is 1. The van der Waals surface area contributed by atoms with Crippen molar-refractivity contribution in [3.63, 3.8) is 0 Å². The van der Waals surface area contributed by atoms with Gasteiger partial charge in [0.25, 0.3) is 0 Å². The first kappa shape index (κ1) is 26.8. The summed E-state index contributed by atoms with van der Waals surface area (Å²) in [6.45, 7) is 1.55. The third-order valence-corrected chi connectivity index (χ3v) is 5.42. The summed E-state index contributed by atoms with van der Waals surface area (Å²) in [7, 11) is 1.37. The quantitative estimate of drug-likeness (QED) is 0.431. The lowest BCUT2D eigenvalue weighted by Crippen LogP contribution is -2.48. The topological polar surface area (TPSA) is 123 Å². The van der Waals surface area contributed by atoms with Crippen LogP contribution >= 0.6 is 0 Å². The molecule has 0 aliphatic carbocycles. The summed E-state index contributed by atoms with van der Waals surface area (Å²) in [5.74, 6) is -3.94. The Kier molecular flexibility index (Phi) is 10.0. The number of carbonyl (C=O) groups is 2. The Morgan fingerprint density at radius 3 is 2.47 bits per heavy atom. The highest BCUT2D eigenvalue weighted by Gasteiger charge is 2.28. The van der Waals surface area contributed by atoms with E-state index in [2.05, 4.69) is 5.32 Å². The molecule has 2 aromatic rings. The summed E-state index contributed by atoms with van der Waals surface area (Å²) < 4.78 is 19.7. The Hall–Kier alpha value is -3.42. The van der Waals surface area contributed by atoms with E-state index in [9.17, 15) is 29.3 Å². The fraction of sp³-hybridized carbons (Fsp3) is 0.375. The van der Waals surface area contributed by atoms with Crippen LogP contribution in [0.4, 0.5) is 4.39 Å². The number of nitriles is 1. The van der Waals surface area contributed by atoms with E-state index in [4.69, 9.17) is 4.74 Å². The zero-order valence-corrected chi connectivity index (χ0v) is 19.4. The monoisotopic (exact) mass is 469 g/mol. The Morgan fingerprint density at radius 2 is 1.88 bits per heavy atom. The lowest BCUT2D eigenvalue weighted by Gasteiger charge is -2.21. The zero-order chi connectivity index (χ0) is 25.3. The van der Waals surface area contributed by atoms with Crippen molar-refractivity contribution in [2.75, 3.05) is 20.7 Å². The molecule has 0 aromatic heterocycles. The van der Waals surface area contributed by atoms with Gasteiger partial charge in [-0.1, -0.05) is 43.3 Å². The highest BCUT2D eigenvalue weighted by atomic mass is 19.1. The molecule has 0 saturated carbocycles. The van der Waals surface area contributed by atoms with E-state index < -0.39 is 36.6 Å². The van der Waals surface area contributed by atoms with Crippen LogP contribution in [0.2, 0.25) is 0 Å². The van der Waals surface area contributed by atoms with Crippen LogP contribution in [0, 0.1) is 23.1 Å². The van der Waals surface area contributed by atoms with Crippen LogP contribution in [0.5, 0.6) is 5.75 Å². The predicted octanol–water partition coefficient (Wildman–Crippen LogP) is 1.67. The van der Waals surface area contributed by atoms with E-state index in [1.807, 2.05) is 36.4 Å². The minimum absolute atomic E-state index is 0.103. The van der Waals surface area contributed by atoms with E-state index in [-0.39, 0.29) is 31.1 Å². The van der Waals surface area contributed by atoms with Crippen molar-refractivity contribution in [2.24, 2.45) is 5.92 Å². The Labute approximate surface area is 199 Å². The van der Waals surface area contributed by atoms with Crippen LogP contribution in [-0.2, 0) is 16.0 Å². The van der Waals surface area contributed by atoms with Gasteiger partial charge < -0.3 is 25.0 Å². The van der Waals surface area contributed by atoms with E-state index in [1.165, 1.54) is 23.1 Å². The van der Waals surface area contributed by atoms with Crippen molar-refractivity contribution < 1.29 is 28.8 Å². The number of carbonyl (C=O) groups excluding carboxylic acids is 2.